The highest BCUT2D eigenvalue weighted by Crippen LogP contribution is 2.15. The standard InChI is InChI=1S/C18H27FN2O5S/c1-13(2)12-20-18(23)14(3)26-17(22)6-5-11-21(4)27(24,25)16-9-7-15(19)8-10-16/h7-10,13-14H,5-6,11-12H2,1-4H3,(H,20,23). The van der Waals surface area contributed by atoms with Crippen molar-refractivity contribution in [1.82, 2.24) is 9.62 Å². The second-order valence-electron chi connectivity index (χ2n) is 6.66. The number of rotatable bonds is 10. The third-order valence-corrected chi connectivity index (χ3v) is 5.61. The van der Waals surface area contributed by atoms with E-state index in [9.17, 15) is 22.4 Å². The van der Waals surface area contributed by atoms with Crippen LogP contribution in [0.1, 0.15) is 33.6 Å². The quantitative estimate of drug-likeness (QED) is 0.604. The van der Waals surface area contributed by atoms with Crippen molar-refractivity contribution >= 4 is 21.9 Å². The summed E-state index contributed by atoms with van der Waals surface area (Å²) < 4.78 is 43.8. The lowest BCUT2D eigenvalue weighted by molar-refractivity contribution is -0.154. The highest BCUT2D eigenvalue weighted by atomic mass is 32.2. The average Bonchev–Trinajstić information content (AvgIpc) is 2.59. The van der Waals surface area contributed by atoms with Crippen LogP contribution in [-0.2, 0) is 24.3 Å². The van der Waals surface area contributed by atoms with E-state index in [1.54, 1.807) is 0 Å². The van der Waals surface area contributed by atoms with Crippen molar-refractivity contribution in [2.45, 2.75) is 44.6 Å². The van der Waals surface area contributed by atoms with E-state index < -0.39 is 27.9 Å². The van der Waals surface area contributed by atoms with E-state index in [1.807, 2.05) is 13.8 Å². The maximum absolute atomic E-state index is 12.9. The number of ether oxygens (including phenoxy) is 1. The Balaban J connectivity index is 2.44. The Morgan fingerprint density at radius 1 is 1.19 bits per heavy atom. The Bertz CT molecular complexity index is 735. The van der Waals surface area contributed by atoms with Crippen molar-refractivity contribution in [2.75, 3.05) is 20.1 Å². The van der Waals surface area contributed by atoms with Gasteiger partial charge in [0.15, 0.2) is 6.10 Å². The van der Waals surface area contributed by atoms with Gasteiger partial charge < -0.3 is 10.1 Å². The van der Waals surface area contributed by atoms with Crippen molar-refractivity contribution in [3.05, 3.63) is 30.1 Å². The van der Waals surface area contributed by atoms with Gasteiger partial charge in [-0.1, -0.05) is 13.8 Å². The summed E-state index contributed by atoms with van der Waals surface area (Å²) in [6, 6.07) is 4.52. The largest absolute Gasteiger partial charge is 0.453 e. The van der Waals surface area contributed by atoms with E-state index in [2.05, 4.69) is 5.32 Å². The number of carbonyl (C=O) groups is 2. The monoisotopic (exact) mass is 402 g/mol. The molecule has 1 N–H and O–H groups in total. The number of hydrogen-bond acceptors (Lipinski definition) is 5. The predicted molar refractivity (Wildman–Crippen MR) is 98.9 cm³/mol. The maximum Gasteiger partial charge on any atom is 0.306 e. The molecule has 0 aromatic heterocycles. The van der Waals surface area contributed by atoms with Crippen LogP contribution in [0.25, 0.3) is 0 Å². The Morgan fingerprint density at radius 3 is 2.33 bits per heavy atom. The highest BCUT2D eigenvalue weighted by Gasteiger charge is 2.22. The lowest BCUT2D eigenvalue weighted by atomic mass is 10.2. The minimum Gasteiger partial charge on any atom is -0.453 e. The van der Waals surface area contributed by atoms with Gasteiger partial charge in [-0.15, -0.1) is 0 Å². The second kappa shape index (κ2) is 10.4. The number of nitrogens with one attached hydrogen (secondary N) is 1. The fourth-order valence-electron chi connectivity index (χ4n) is 2.11. The fraction of sp³-hybridized carbons (Fsp3) is 0.556. The fourth-order valence-corrected chi connectivity index (χ4v) is 3.32. The van der Waals surface area contributed by atoms with Crippen molar-refractivity contribution in [3.63, 3.8) is 0 Å². The number of nitrogens with zero attached hydrogens (tertiary/aromatic N) is 1. The molecule has 0 saturated carbocycles. The van der Waals surface area contributed by atoms with Crippen LogP contribution in [0, 0.1) is 11.7 Å². The van der Waals surface area contributed by atoms with Crippen LogP contribution in [0.15, 0.2) is 29.2 Å². The van der Waals surface area contributed by atoms with E-state index >= 15 is 0 Å². The molecule has 1 rings (SSSR count). The van der Waals surface area contributed by atoms with Gasteiger partial charge in [-0.05, 0) is 43.5 Å². The van der Waals surface area contributed by atoms with Gasteiger partial charge in [0.25, 0.3) is 5.91 Å². The average molecular weight is 402 g/mol. The van der Waals surface area contributed by atoms with Crippen molar-refractivity contribution < 1.29 is 27.1 Å². The zero-order valence-electron chi connectivity index (χ0n) is 16.1. The smallest absolute Gasteiger partial charge is 0.306 e. The number of amides is 1. The molecule has 1 amide bonds. The van der Waals surface area contributed by atoms with Crippen LogP contribution in [0.5, 0.6) is 0 Å². The molecule has 0 aliphatic heterocycles. The number of esters is 1. The molecule has 0 radical (unpaired) electrons. The summed E-state index contributed by atoms with van der Waals surface area (Å²) in [5, 5.41) is 2.67. The first-order chi connectivity index (χ1) is 12.5. The molecular weight excluding hydrogens is 375 g/mol. The molecule has 27 heavy (non-hydrogen) atoms. The van der Waals surface area contributed by atoms with Crippen LogP contribution < -0.4 is 5.32 Å². The molecule has 7 nitrogen and oxygen atoms in total. The summed E-state index contributed by atoms with van der Waals surface area (Å²) in [6.07, 6.45) is -0.696. The highest BCUT2D eigenvalue weighted by molar-refractivity contribution is 7.89. The zero-order chi connectivity index (χ0) is 20.6. The molecule has 1 atom stereocenters. The number of hydrogen-bond donors (Lipinski definition) is 1. The maximum atomic E-state index is 12.9. The molecule has 1 unspecified atom stereocenters. The molecule has 9 heteroatoms. The molecule has 0 bridgehead atoms. The second-order valence-corrected chi connectivity index (χ2v) is 8.70. The lowest BCUT2D eigenvalue weighted by Crippen LogP contribution is -2.37. The summed E-state index contributed by atoms with van der Waals surface area (Å²) in [6.45, 7) is 5.97. The molecule has 152 valence electrons. The van der Waals surface area contributed by atoms with E-state index in [4.69, 9.17) is 4.74 Å². The summed E-state index contributed by atoms with van der Waals surface area (Å²) in [4.78, 5) is 23.6. The van der Waals surface area contributed by atoms with Crippen LogP contribution in [0.2, 0.25) is 0 Å². The summed E-state index contributed by atoms with van der Waals surface area (Å²) in [7, 11) is -2.37. The van der Waals surface area contributed by atoms with Gasteiger partial charge in [-0.3, -0.25) is 9.59 Å². The Hall–Kier alpha value is -2.00. The summed E-state index contributed by atoms with van der Waals surface area (Å²) >= 11 is 0. The lowest BCUT2D eigenvalue weighted by Gasteiger charge is -2.17. The number of halogens is 1. The molecule has 1 aromatic rings. The molecule has 0 heterocycles. The van der Waals surface area contributed by atoms with Gasteiger partial charge in [-0.2, -0.15) is 0 Å². The third-order valence-electron chi connectivity index (χ3n) is 3.74. The van der Waals surface area contributed by atoms with Gasteiger partial charge >= 0.3 is 5.97 Å². The molecular formula is C18H27FN2O5S. The van der Waals surface area contributed by atoms with E-state index in [1.165, 1.54) is 26.1 Å². The van der Waals surface area contributed by atoms with Gasteiger partial charge in [0.05, 0.1) is 4.90 Å². The van der Waals surface area contributed by atoms with Gasteiger partial charge in [0, 0.05) is 26.6 Å². The van der Waals surface area contributed by atoms with Gasteiger partial charge in [0.2, 0.25) is 10.0 Å². The minimum atomic E-state index is -3.76. The van der Waals surface area contributed by atoms with Crippen LogP contribution in [0.4, 0.5) is 4.39 Å². The van der Waals surface area contributed by atoms with Crippen LogP contribution in [-0.4, -0.2) is 50.8 Å². The Kier molecular flexibility index (Phi) is 8.84. The normalized spacial score (nSPS) is 12.9. The minimum absolute atomic E-state index is 0.0227. The SMILES string of the molecule is CC(C)CNC(=O)C(C)OC(=O)CCCN(C)S(=O)(=O)c1ccc(F)cc1. The summed E-state index contributed by atoms with van der Waals surface area (Å²) in [5.74, 6) is -1.18. The Labute approximate surface area is 159 Å². The van der Waals surface area contributed by atoms with Crippen LogP contribution >= 0.6 is 0 Å². The van der Waals surface area contributed by atoms with Crippen molar-refractivity contribution in [1.29, 1.82) is 0 Å². The topological polar surface area (TPSA) is 92.8 Å². The molecule has 0 spiro atoms. The van der Waals surface area contributed by atoms with E-state index in [0.717, 1.165) is 16.4 Å². The molecule has 0 aliphatic carbocycles. The van der Waals surface area contributed by atoms with E-state index in [0.29, 0.717) is 6.54 Å². The van der Waals surface area contributed by atoms with Crippen molar-refractivity contribution in [3.8, 4) is 0 Å². The number of sulfonamides is 1. The zero-order valence-corrected chi connectivity index (χ0v) is 16.9. The summed E-state index contributed by atoms with van der Waals surface area (Å²) in [5.41, 5.74) is 0. The predicted octanol–water partition coefficient (Wildman–Crippen LogP) is 1.93. The third kappa shape index (κ3) is 7.64. The number of benzene rings is 1. The van der Waals surface area contributed by atoms with Gasteiger partial charge in [0.1, 0.15) is 5.82 Å². The molecule has 1 aromatic carbocycles. The van der Waals surface area contributed by atoms with Crippen molar-refractivity contribution in [2.24, 2.45) is 5.92 Å². The first-order valence-electron chi connectivity index (χ1n) is 8.73. The molecule has 0 saturated heterocycles. The number of carbonyl (C=O) groups excluding carboxylic acids is 2. The molecule has 0 aliphatic rings. The Morgan fingerprint density at radius 2 is 1.78 bits per heavy atom. The van der Waals surface area contributed by atoms with Crippen LogP contribution in [0.3, 0.4) is 0 Å². The van der Waals surface area contributed by atoms with E-state index in [-0.39, 0.29) is 36.1 Å². The molecule has 0 fully saturated rings. The first kappa shape index (κ1) is 23.0. The van der Waals surface area contributed by atoms with Gasteiger partial charge in [-0.25, -0.2) is 17.1 Å². The first-order valence-corrected chi connectivity index (χ1v) is 10.2.